The Morgan fingerprint density at radius 3 is 2.21 bits per heavy atom. The molecule has 0 radical (unpaired) electrons. The van der Waals surface area contributed by atoms with Crippen molar-refractivity contribution >= 4 is 9.84 Å². The Kier molecular flexibility index (Phi) is 9.89. The van der Waals surface area contributed by atoms with E-state index in [-0.39, 0.29) is 67.1 Å². The van der Waals surface area contributed by atoms with E-state index in [0.717, 1.165) is 38.1 Å². The van der Waals surface area contributed by atoms with E-state index in [2.05, 4.69) is 11.1 Å². The summed E-state index contributed by atoms with van der Waals surface area (Å²) in [4.78, 5) is 25.9. The molecule has 10 nitrogen and oxygen atoms in total. The minimum Gasteiger partial charge on any atom is -0.491 e. The van der Waals surface area contributed by atoms with Gasteiger partial charge in [0.05, 0.1) is 11.5 Å². The second-order valence-corrected chi connectivity index (χ2v) is 12.8. The van der Waals surface area contributed by atoms with Crippen molar-refractivity contribution < 1.29 is 57.1 Å². The number of ether oxygens (including phenoxy) is 2. The van der Waals surface area contributed by atoms with Gasteiger partial charge in [-0.1, -0.05) is 30.3 Å². The summed E-state index contributed by atoms with van der Waals surface area (Å²) in [7, 11) is -3.07. The van der Waals surface area contributed by atoms with E-state index in [1.54, 1.807) is 24.3 Å². The van der Waals surface area contributed by atoms with Gasteiger partial charge in [-0.3, -0.25) is 9.53 Å². The minimum absolute atomic E-state index is 0. The fourth-order valence-electron chi connectivity index (χ4n) is 4.97. The zero-order valence-corrected chi connectivity index (χ0v) is 26.6. The average molecular weight is 603 g/mol. The fraction of sp³-hybridized carbons (Fsp3) is 0.333. The van der Waals surface area contributed by atoms with Crippen LogP contribution in [0, 0.1) is 13.8 Å². The van der Waals surface area contributed by atoms with E-state index >= 15 is 0 Å². The fourth-order valence-corrected chi connectivity index (χ4v) is 6.56. The van der Waals surface area contributed by atoms with Crippen molar-refractivity contribution in [3.63, 3.8) is 0 Å². The quantitative estimate of drug-likeness (QED) is 0.262. The molecule has 1 aliphatic rings. The van der Waals surface area contributed by atoms with Crippen molar-refractivity contribution in [1.29, 1.82) is 0 Å². The molecule has 0 amide bonds. The van der Waals surface area contributed by atoms with Gasteiger partial charge in [0.25, 0.3) is 0 Å². The van der Waals surface area contributed by atoms with Gasteiger partial charge in [-0.2, -0.15) is 0 Å². The molecule has 1 aromatic heterocycles. The van der Waals surface area contributed by atoms with E-state index in [4.69, 9.17) is 14.0 Å². The van der Waals surface area contributed by atoms with Crippen molar-refractivity contribution in [3.8, 4) is 22.6 Å². The predicted molar refractivity (Wildman–Crippen MR) is 152 cm³/mol. The molecule has 0 unspecified atom stereocenters. The number of sulfone groups is 1. The summed E-state index contributed by atoms with van der Waals surface area (Å²) >= 11 is 0. The molecule has 5 rings (SSSR count). The van der Waals surface area contributed by atoms with E-state index in [1.165, 1.54) is 0 Å². The standard InChI is InChI=1S/C30H32N2O8S.Na/c1-20-14-26(39-19-30(35)10-12-41(36,37)13-11-30)15-21(2)27(20)24-5-3-4-23(16-24)18-38-25-8-6-22(7-9-25)17-32-28(33)31-29(34)40-32;/h3-9,14-16,35H,10-13,17-19H2,1-2H3,(H,31,33,34);/q;+1/p-1. The second-order valence-electron chi connectivity index (χ2n) is 10.5. The molecule has 12 heteroatoms. The smallest absolute Gasteiger partial charge is 0.491 e. The molecule has 0 bridgehead atoms. The van der Waals surface area contributed by atoms with Crippen LogP contribution < -0.4 is 55.5 Å². The predicted octanol–water partition coefficient (Wildman–Crippen LogP) is -0.00766. The molecule has 1 N–H and O–H groups in total. The largest absolute Gasteiger partial charge is 1.00 e. The number of rotatable bonds is 9. The van der Waals surface area contributed by atoms with Gasteiger partial charge in [-0.05, 0) is 90.4 Å². The van der Waals surface area contributed by atoms with Gasteiger partial charge >= 0.3 is 35.3 Å². The molecular formula is C30H31N2NaO8S. The molecule has 0 spiro atoms. The number of nitrogens with zero attached hydrogens (tertiary/aromatic N) is 2. The van der Waals surface area contributed by atoms with Crippen LogP contribution >= 0.6 is 0 Å². The normalized spacial score (nSPS) is 15.5. The third-order valence-corrected chi connectivity index (χ3v) is 8.88. The minimum atomic E-state index is -3.07. The number of hydrogen-bond acceptors (Lipinski definition) is 8. The van der Waals surface area contributed by atoms with Crippen LogP contribution in [0.25, 0.3) is 11.1 Å². The first-order chi connectivity index (χ1) is 19.5. The summed E-state index contributed by atoms with van der Waals surface area (Å²) in [5.74, 6) is 0.328. The van der Waals surface area contributed by atoms with Gasteiger partial charge in [-0.25, -0.2) is 13.2 Å². The van der Waals surface area contributed by atoms with E-state index in [1.807, 2.05) is 44.2 Å². The first-order valence-electron chi connectivity index (χ1n) is 13.2. The Balaban J connectivity index is 0.00000405. The summed E-state index contributed by atoms with van der Waals surface area (Å²) in [6, 6.07) is 19.1. The van der Waals surface area contributed by atoms with Gasteiger partial charge in [0.2, 0.25) is 0 Å². The molecule has 42 heavy (non-hydrogen) atoms. The maximum atomic E-state index is 11.7. The number of aliphatic hydroxyl groups is 1. The van der Waals surface area contributed by atoms with Crippen LogP contribution in [0.1, 0.15) is 35.1 Å². The Hall–Kier alpha value is -3.09. The van der Waals surface area contributed by atoms with Crippen molar-refractivity contribution in [2.24, 2.45) is 0 Å². The molecule has 2 heterocycles. The third kappa shape index (κ3) is 7.84. The van der Waals surface area contributed by atoms with Crippen LogP contribution in [-0.4, -0.2) is 42.0 Å². The van der Waals surface area contributed by atoms with Gasteiger partial charge in [0.1, 0.15) is 30.3 Å². The van der Waals surface area contributed by atoms with Crippen LogP contribution in [0.3, 0.4) is 0 Å². The first kappa shape index (κ1) is 31.8. The number of hydrogen-bond donors (Lipinski definition) is 1. The molecule has 0 aliphatic carbocycles. The molecule has 1 fully saturated rings. The van der Waals surface area contributed by atoms with Crippen LogP contribution in [-0.2, 0) is 23.0 Å². The third-order valence-electron chi connectivity index (χ3n) is 7.23. The van der Waals surface area contributed by atoms with E-state index in [9.17, 15) is 23.1 Å². The molecule has 0 atom stereocenters. The molecule has 4 aromatic rings. The summed E-state index contributed by atoms with van der Waals surface area (Å²) in [5.41, 5.74) is 4.03. The zero-order chi connectivity index (χ0) is 29.2. The Labute approximate surface area is 265 Å². The number of aromatic nitrogens is 2. The molecule has 0 saturated carbocycles. The summed E-state index contributed by atoms with van der Waals surface area (Å²) < 4.78 is 41.0. The molecule has 216 valence electrons. The van der Waals surface area contributed by atoms with Gasteiger partial charge < -0.3 is 24.1 Å². The van der Waals surface area contributed by atoms with Crippen molar-refractivity contribution in [2.75, 3.05) is 18.1 Å². The van der Waals surface area contributed by atoms with E-state index in [0.29, 0.717) is 18.1 Å². The summed E-state index contributed by atoms with van der Waals surface area (Å²) in [6.07, 6.45) is 0.357. The van der Waals surface area contributed by atoms with Crippen LogP contribution in [0.4, 0.5) is 0 Å². The Bertz CT molecular complexity index is 1740. The van der Waals surface area contributed by atoms with Crippen LogP contribution in [0.15, 0.2) is 74.8 Å². The van der Waals surface area contributed by atoms with Gasteiger partial charge in [-0.15, -0.1) is 0 Å². The summed E-state index contributed by atoms with van der Waals surface area (Å²) in [5, 5.41) is 10.8. The number of aryl methyl sites for hydroxylation is 2. The van der Waals surface area contributed by atoms with Gasteiger partial charge in [0, 0.05) is 6.54 Å². The van der Waals surface area contributed by atoms with Crippen LogP contribution in [0.5, 0.6) is 11.5 Å². The molecule has 1 aliphatic heterocycles. The SMILES string of the molecule is Cc1cc(OCC2(O)CCS(=O)(=O)CC2)cc(C)c1-c1cccc(COc2ccc(Cn3oc(=O)[n-]c3=O)cc2)c1.[Na+]. The zero-order valence-electron chi connectivity index (χ0n) is 23.8. The molecular weight excluding hydrogens is 571 g/mol. The first-order valence-corrected chi connectivity index (χ1v) is 15.0. The number of benzene rings is 3. The van der Waals surface area contributed by atoms with Gasteiger partial charge in [0.15, 0.2) is 15.5 Å². The molecule has 3 aromatic carbocycles. The maximum Gasteiger partial charge on any atom is 1.00 e. The Morgan fingerprint density at radius 1 is 0.929 bits per heavy atom. The van der Waals surface area contributed by atoms with Crippen molar-refractivity contribution in [3.05, 3.63) is 104 Å². The van der Waals surface area contributed by atoms with Crippen molar-refractivity contribution in [2.45, 2.75) is 45.4 Å². The monoisotopic (exact) mass is 602 g/mol. The average Bonchev–Trinajstić information content (AvgIpc) is 3.25. The maximum absolute atomic E-state index is 11.7. The topological polar surface area (TPSA) is 139 Å². The van der Waals surface area contributed by atoms with Crippen LogP contribution in [0.2, 0.25) is 0 Å². The summed E-state index contributed by atoms with van der Waals surface area (Å²) in [6.45, 7) is 4.51. The van der Waals surface area contributed by atoms with E-state index < -0.39 is 26.9 Å². The Morgan fingerprint density at radius 2 is 1.60 bits per heavy atom. The molecule has 1 saturated heterocycles. The van der Waals surface area contributed by atoms with Crippen molar-refractivity contribution in [1.82, 2.24) is 9.72 Å². The second kappa shape index (κ2) is 13.0.